The fourth-order valence-electron chi connectivity index (χ4n) is 6.92. The number of phenolic OH excluding ortho intramolecular Hbond substituents is 1. The van der Waals surface area contributed by atoms with Crippen LogP contribution in [0.25, 0.3) is 10.2 Å². The Morgan fingerprint density at radius 1 is 1.20 bits per heavy atom. The fourth-order valence-corrected chi connectivity index (χ4v) is 9.99. The molecule has 44 heavy (non-hydrogen) atoms. The number of aliphatic hydroxyl groups excluding tert-OH is 1. The van der Waals surface area contributed by atoms with Crippen molar-refractivity contribution in [2.24, 2.45) is 11.3 Å². The number of thiophene rings is 1. The van der Waals surface area contributed by atoms with Gasteiger partial charge in [0.25, 0.3) is 5.91 Å². The third-order valence-corrected chi connectivity index (χ3v) is 13.0. The molecule has 2 aromatic heterocycles. The van der Waals surface area contributed by atoms with Gasteiger partial charge in [-0.25, -0.2) is 0 Å². The monoisotopic (exact) mass is 656 g/mol. The van der Waals surface area contributed by atoms with Gasteiger partial charge in [0.2, 0.25) is 0 Å². The molecule has 2 atom stereocenters. The van der Waals surface area contributed by atoms with Gasteiger partial charge in [0, 0.05) is 47.8 Å². The summed E-state index contributed by atoms with van der Waals surface area (Å²) in [6.45, 7) is 10.6. The first kappa shape index (κ1) is 31.8. The number of aromatic hydroxyl groups is 1. The number of thiazole rings is 1. The zero-order valence-electron chi connectivity index (χ0n) is 25.6. The van der Waals surface area contributed by atoms with Gasteiger partial charge in [0.15, 0.2) is 0 Å². The van der Waals surface area contributed by atoms with Crippen LogP contribution in [-0.4, -0.2) is 82.5 Å². The van der Waals surface area contributed by atoms with E-state index in [2.05, 4.69) is 46.1 Å². The van der Waals surface area contributed by atoms with Crippen molar-refractivity contribution in [1.82, 2.24) is 20.1 Å². The van der Waals surface area contributed by atoms with Gasteiger partial charge in [0.1, 0.15) is 11.3 Å². The van der Waals surface area contributed by atoms with Gasteiger partial charge in [-0.1, -0.05) is 37.3 Å². The number of amides is 1. The number of nitrogens with zero attached hydrogens (tertiary/aromatic N) is 2. The average molecular weight is 657 g/mol. The van der Waals surface area contributed by atoms with Crippen LogP contribution in [0.1, 0.15) is 78.8 Å². The predicted octanol–water partition coefficient (Wildman–Crippen LogP) is 5.76. The maximum absolute atomic E-state index is 13.3. The van der Waals surface area contributed by atoms with Crippen molar-refractivity contribution in [3.63, 3.8) is 0 Å². The molecular formula is C33H44N4O4S3. The zero-order chi connectivity index (χ0) is 30.8. The number of allylic oxidation sites excluding steroid dienone is 1. The number of thioether (sulfide) groups is 1. The molecule has 4 N–H and O–H groups in total. The number of rotatable bonds is 10. The molecule has 0 aliphatic carbocycles. The van der Waals surface area contributed by atoms with Gasteiger partial charge in [0.05, 0.1) is 16.4 Å². The Labute approximate surface area is 271 Å². The molecule has 2 fully saturated rings. The van der Waals surface area contributed by atoms with E-state index in [4.69, 9.17) is 0 Å². The molecule has 1 unspecified atom stereocenters. The molecule has 3 aromatic rings. The molecule has 6 rings (SSSR count). The van der Waals surface area contributed by atoms with Crippen molar-refractivity contribution in [1.29, 1.82) is 0 Å². The predicted molar refractivity (Wildman–Crippen MR) is 182 cm³/mol. The largest absolute Gasteiger partial charge is 0.506 e. The van der Waals surface area contributed by atoms with E-state index in [9.17, 15) is 19.8 Å². The number of nitrogens with one attached hydrogen (secondary N) is 2. The Morgan fingerprint density at radius 2 is 2.02 bits per heavy atom. The highest BCUT2D eigenvalue weighted by Crippen LogP contribution is 2.41. The van der Waals surface area contributed by atoms with Crippen molar-refractivity contribution in [2.45, 2.75) is 58.0 Å². The highest BCUT2D eigenvalue weighted by Gasteiger charge is 2.40. The first-order valence-electron chi connectivity index (χ1n) is 15.9. The third-order valence-electron chi connectivity index (χ3n) is 9.56. The summed E-state index contributed by atoms with van der Waals surface area (Å²) < 4.78 is 0.612. The summed E-state index contributed by atoms with van der Waals surface area (Å²) in [7, 11) is 0. The number of hydrogen-bond donors (Lipinski definition) is 4. The molecule has 0 bridgehead atoms. The zero-order valence-corrected chi connectivity index (χ0v) is 28.1. The first-order valence-corrected chi connectivity index (χ1v) is 18.5. The molecule has 11 heteroatoms. The van der Waals surface area contributed by atoms with Crippen LogP contribution in [0, 0.1) is 11.3 Å². The number of piperidine rings is 2. The van der Waals surface area contributed by atoms with E-state index >= 15 is 0 Å². The van der Waals surface area contributed by atoms with Crippen molar-refractivity contribution in [2.75, 3.05) is 51.6 Å². The second kappa shape index (κ2) is 13.7. The summed E-state index contributed by atoms with van der Waals surface area (Å²) in [4.78, 5) is 35.0. The number of carbonyl (C=O) groups is 1. The summed E-state index contributed by atoms with van der Waals surface area (Å²) in [6, 6.07) is 5.31. The lowest BCUT2D eigenvalue weighted by molar-refractivity contribution is 0.0234. The van der Waals surface area contributed by atoms with Crippen LogP contribution in [0.4, 0.5) is 0 Å². The Hall–Kier alpha value is -2.15. The smallest absolute Gasteiger partial charge is 0.305 e. The summed E-state index contributed by atoms with van der Waals surface area (Å²) >= 11 is 4.70. The molecule has 1 spiro atoms. The molecule has 1 amide bonds. The second-order valence-corrected chi connectivity index (χ2v) is 16.2. The molecule has 238 valence electrons. The molecule has 1 aromatic carbocycles. The Morgan fingerprint density at radius 3 is 2.80 bits per heavy atom. The SMILES string of the molecule is CC(C)c1cc(C(=O)N2CCCC3(CCN(CC4=CC(CCNC[C@H](O)c5ccc(O)c6[nH]c(=O)sc56)CS4)CC3)C2)cs1. The van der Waals surface area contributed by atoms with Crippen LogP contribution in [0.2, 0.25) is 0 Å². The van der Waals surface area contributed by atoms with Crippen molar-refractivity contribution in [3.8, 4) is 5.75 Å². The van der Waals surface area contributed by atoms with E-state index in [0.717, 1.165) is 87.6 Å². The number of hydrogen-bond acceptors (Lipinski definition) is 9. The number of likely N-dealkylation sites (tertiary alicyclic amines) is 2. The first-order chi connectivity index (χ1) is 21.2. The topological polar surface area (TPSA) is 109 Å². The average Bonchev–Trinajstić information content (AvgIpc) is 3.77. The van der Waals surface area contributed by atoms with Gasteiger partial charge in [-0.2, -0.15) is 0 Å². The second-order valence-electron chi connectivity index (χ2n) is 13.1. The van der Waals surface area contributed by atoms with E-state index in [1.165, 1.54) is 22.3 Å². The highest BCUT2D eigenvalue weighted by molar-refractivity contribution is 8.03. The molecule has 3 aliphatic rings. The normalized spacial score (nSPS) is 21.4. The lowest BCUT2D eigenvalue weighted by atomic mass is 9.72. The Kier molecular flexibility index (Phi) is 9.90. The summed E-state index contributed by atoms with van der Waals surface area (Å²) in [5.74, 6) is 2.33. The van der Waals surface area contributed by atoms with Gasteiger partial charge >= 0.3 is 4.87 Å². The van der Waals surface area contributed by atoms with Crippen molar-refractivity contribution >= 4 is 50.6 Å². The van der Waals surface area contributed by atoms with Crippen LogP contribution in [0.3, 0.4) is 0 Å². The summed E-state index contributed by atoms with van der Waals surface area (Å²) in [6.07, 6.45) is 7.38. The van der Waals surface area contributed by atoms with Crippen molar-refractivity contribution < 1.29 is 15.0 Å². The molecule has 5 heterocycles. The molecular weight excluding hydrogens is 613 g/mol. The highest BCUT2D eigenvalue weighted by atomic mass is 32.2. The molecule has 2 saturated heterocycles. The van der Waals surface area contributed by atoms with Crippen LogP contribution in [0.15, 0.2) is 39.4 Å². The molecule has 0 saturated carbocycles. The van der Waals surface area contributed by atoms with Gasteiger partial charge < -0.3 is 25.4 Å². The number of aromatic nitrogens is 1. The number of H-pyrrole nitrogens is 1. The third kappa shape index (κ3) is 7.13. The minimum atomic E-state index is -0.751. The number of aliphatic hydroxyl groups is 1. The number of phenols is 1. The minimum absolute atomic E-state index is 0.0229. The molecule has 3 aliphatic heterocycles. The van der Waals surface area contributed by atoms with E-state index in [0.29, 0.717) is 34.2 Å². The molecule has 0 radical (unpaired) electrons. The maximum Gasteiger partial charge on any atom is 0.305 e. The van der Waals surface area contributed by atoms with Gasteiger partial charge in [-0.3, -0.25) is 14.5 Å². The molecule has 8 nitrogen and oxygen atoms in total. The quantitative estimate of drug-likeness (QED) is 0.206. The Bertz CT molecular complexity index is 1550. The number of aromatic amines is 1. The lowest BCUT2D eigenvalue weighted by Crippen LogP contribution is -2.51. The lowest BCUT2D eigenvalue weighted by Gasteiger charge is -2.47. The standard InChI is InChI=1S/C33H44N4O4S3/c1-21(2)28-15-23(19-43-28)31(40)37-11-3-7-33(20-37)8-12-36(13-9-33)17-24-14-22(18-42-24)6-10-34-16-27(39)25-4-5-26(38)29-30(25)44-32(41)35-29/h4-5,14-15,19,21-22,27,34,38-39H,3,6-13,16-18,20H2,1-2H3,(H,35,41)/t22?,27-/m0/s1. The van der Waals surface area contributed by atoms with Crippen LogP contribution in [-0.2, 0) is 0 Å². The van der Waals surface area contributed by atoms with E-state index in [1.54, 1.807) is 17.4 Å². The number of fused-ring (bicyclic) bond motifs is 1. The summed E-state index contributed by atoms with van der Waals surface area (Å²) in [5.41, 5.74) is 2.19. The number of benzene rings is 1. The Balaban J connectivity index is 0.931. The van der Waals surface area contributed by atoms with Crippen molar-refractivity contribution in [3.05, 3.63) is 60.2 Å². The number of carbonyl (C=O) groups excluding carboxylic acids is 1. The van der Waals surface area contributed by atoms with E-state index in [-0.39, 0.29) is 21.9 Å². The van der Waals surface area contributed by atoms with Crippen LogP contribution < -0.4 is 10.2 Å². The van der Waals surface area contributed by atoms with E-state index in [1.807, 2.05) is 17.1 Å². The summed E-state index contributed by atoms with van der Waals surface area (Å²) in [5, 5.41) is 26.2. The van der Waals surface area contributed by atoms with Gasteiger partial charge in [-0.05, 0) is 86.0 Å². The van der Waals surface area contributed by atoms with Crippen LogP contribution in [0.5, 0.6) is 5.75 Å². The maximum atomic E-state index is 13.3. The fraction of sp³-hybridized carbons (Fsp3) is 0.576. The van der Waals surface area contributed by atoms with Crippen LogP contribution >= 0.6 is 34.4 Å². The minimum Gasteiger partial charge on any atom is -0.506 e. The van der Waals surface area contributed by atoms with Gasteiger partial charge in [-0.15, -0.1) is 23.1 Å². The van der Waals surface area contributed by atoms with E-state index < -0.39 is 6.10 Å².